The molecule has 0 saturated heterocycles. The number of amides is 2. The number of carbonyl (C=O) groups is 1. The molecule has 5 nitrogen and oxygen atoms in total. The smallest absolute Gasteiger partial charge is 0.330 e. The largest absolute Gasteiger partial charge is 0.334 e. The van der Waals surface area contributed by atoms with Crippen molar-refractivity contribution in [3.8, 4) is 0 Å². The summed E-state index contributed by atoms with van der Waals surface area (Å²) in [5.41, 5.74) is 5.49. The van der Waals surface area contributed by atoms with Crippen LogP contribution in [-0.2, 0) is 0 Å². The fourth-order valence-electron chi connectivity index (χ4n) is 2.46. The second kappa shape index (κ2) is 6.71. The molecule has 23 heavy (non-hydrogen) atoms. The Morgan fingerprint density at radius 2 is 1.96 bits per heavy atom. The standard InChI is InChI=1S/C17H17ClN4O/c1-2-14(12-7-9-13(18)10-8-12)20-17(23)21-22-11-19-15-5-3-4-6-16(15)22/h3-11,14H,2H2,1H3,(H2,20,21,23)/t14-/m1/s1. The van der Waals surface area contributed by atoms with E-state index in [1.165, 1.54) is 0 Å². The highest BCUT2D eigenvalue weighted by Crippen LogP contribution is 2.19. The monoisotopic (exact) mass is 328 g/mol. The summed E-state index contributed by atoms with van der Waals surface area (Å²) in [4.78, 5) is 16.5. The predicted molar refractivity (Wildman–Crippen MR) is 92.1 cm³/mol. The average Bonchev–Trinajstić information content (AvgIpc) is 2.97. The number of rotatable bonds is 4. The van der Waals surface area contributed by atoms with Crippen molar-refractivity contribution in [3.05, 3.63) is 65.4 Å². The Balaban J connectivity index is 1.71. The highest BCUT2D eigenvalue weighted by Gasteiger charge is 2.13. The number of carbonyl (C=O) groups excluding carboxylic acids is 1. The molecule has 0 aliphatic carbocycles. The molecular weight excluding hydrogens is 312 g/mol. The van der Waals surface area contributed by atoms with E-state index < -0.39 is 0 Å². The number of nitrogens with one attached hydrogen (secondary N) is 2. The molecule has 6 heteroatoms. The fourth-order valence-corrected chi connectivity index (χ4v) is 2.59. The summed E-state index contributed by atoms with van der Waals surface area (Å²) in [5, 5.41) is 3.64. The van der Waals surface area contributed by atoms with Gasteiger partial charge in [-0.1, -0.05) is 42.8 Å². The van der Waals surface area contributed by atoms with E-state index in [-0.39, 0.29) is 12.1 Å². The van der Waals surface area contributed by atoms with Crippen LogP contribution in [0.5, 0.6) is 0 Å². The molecule has 0 radical (unpaired) electrons. The van der Waals surface area contributed by atoms with E-state index in [9.17, 15) is 4.79 Å². The van der Waals surface area contributed by atoms with Crippen molar-refractivity contribution < 1.29 is 4.79 Å². The molecule has 0 aliphatic heterocycles. The first-order valence-electron chi connectivity index (χ1n) is 7.42. The number of hydrogen-bond acceptors (Lipinski definition) is 2. The Morgan fingerprint density at radius 3 is 2.70 bits per heavy atom. The number of imidazole rings is 1. The lowest BCUT2D eigenvalue weighted by Gasteiger charge is -2.18. The number of urea groups is 1. The van der Waals surface area contributed by atoms with E-state index in [4.69, 9.17) is 11.6 Å². The number of hydrogen-bond donors (Lipinski definition) is 2. The average molecular weight is 329 g/mol. The first kappa shape index (κ1) is 15.4. The van der Waals surface area contributed by atoms with Gasteiger partial charge in [-0.25, -0.2) is 19.9 Å². The van der Waals surface area contributed by atoms with Crippen LogP contribution >= 0.6 is 11.6 Å². The molecule has 2 N–H and O–H groups in total. The first-order valence-corrected chi connectivity index (χ1v) is 7.80. The third kappa shape index (κ3) is 3.46. The highest BCUT2D eigenvalue weighted by molar-refractivity contribution is 6.30. The second-order valence-corrected chi connectivity index (χ2v) is 5.64. The summed E-state index contributed by atoms with van der Waals surface area (Å²) in [6.07, 6.45) is 2.37. The zero-order chi connectivity index (χ0) is 16.2. The molecule has 3 aromatic rings. The lowest BCUT2D eigenvalue weighted by atomic mass is 10.1. The molecular formula is C17H17ClN4O. The third-order valence-electron chi connectivity index (χ3n) is 3.66. The van der Waals surface area contributed by atoms with Crippen LogP contribution in [0.15, 0.2) is 54.9 Å². The van der Waals surface area contributed by atoms with Crippen LogP contribution in [0, 0.1) is 0 Å². The van der Waals surface area contributed by atoms with Crippen molar-refractivity contribution in [2.45, 2.75) is 19.4 Å². The number of aromatic nitrogens is 2. The molecule has 0 unspecified atom stereocenters. The van der Waals surface area contributed by atoms with Gasteiger partial charge in [0.05, 0.1) is 17.1 Å². The van der Waals surface area contributed by atoms with Gasteiger partial charge in [-0.2, -0.15) is 0 Å². The van der Waals surface area contributed by atoms with Gasteiger partial charge in [0, 0.05) is 5.02 Å². The van der Waals surface area contributed by atoms with E-state index in [1.807, 2.05) is 55.5 Å². The molecule has 0 saturated carbocycles. The van der Waals surface area contributed by atoms with Crippen LogP contribution in [0.2, 0.25) is 5.02 Å². The number of benzene rings is 2. The Bertz CT molecular complexity index is 813. The predicted octanol–water partition coefficient (Wildman–Crippen LogP) is 4.09. The maximum absolute atomic E-state index is 12.3. The van der Waals surface area contributed by atoms with Gasteiger partial charge in [-0.15, -0.1) is 0 Å². The van der Waals surface area contributed by atoms with Gasteiger partial charge in [-0.3, -0.25) is 0 Å². The number of para-hydroxylation sites is 2. The van der Waals surface area contributed by atoms with Crippen LogP contribution in [0.3, 0.4) is 0 Å². The molecule has 0 aliphatic rings. The normalized spacial score (nSPS) is 12.1. The quantitative estimate of drug-likeness (QED) is 0.757. The molecule has 3 rings (SSSR count). The molecule has 118 valence electrons. The van der Waals surface area contributed by atoms with Crippen molar-refractivity contribution in [2.24, 2.45) is 0 Å². The Kier molecular flexibility index (Phi) is 4.48. The topological polar surface area (TPSA) is 59.0 Å². The van der Waals surface area contributed by atoms with Gasteiger partial charge in [0.2, 0.25) is 0 Å². The highest BCUT2D eigenvalue weighted by atomic mass is 35.5. The van der Waals surface area contributed by atoms with Gasteiger partial charge >= 0.3 is 6.03 Å². The van der Waals surface area contributed by atoms with Gasteiger partial charge in [-0.05, 0) is 36.2 Å². The van der Waals surface area contributed by atoms with Crippen molar-refractivity contribution in [3.63, 3.8) is 0 Å². The summed E-state index contributed by atoms with van der Waals surface area (Å²) in [6, 6.07) is 14.7. The summed E-state index contributed by atoms with van der Waals surface area (Å²) in [6.45, 7) is 2.02. The van der Waals surface area contributed by atoms with E-state index >= 15 is 0 Å². The molecule has 2 aromatic carbocycles. The minimum atomic E-state index is -0.282. The van der Waals surface area contributed by atoms with Crippen LogP contribution in [-0.4, -0.2) is 15.7 Å². The van der Waals surface area contributed by atoms with Crippen LogP contribution in [0.1, 0.15) is 24.9 Å². The van der Waals surface area contributed by atoms with E-state index in [2.05, 4.69) is 15.7 Å². The molecule has 1 atom stereocenters. The van der Waals surface area contributed by atoms with E-state index in [0.717, 1.165) is 23.0 Å². The van der Waals surface area contributed by atoms with E-state index in [0.29, 0.717) is 5.02 Å². The maximum Gasteiger partial charge on any atom is 0.334 e. The second-order valence-electron chi connectivity index (χ2n) is 5.20. The summed E-state index contributed by atoms with van der Waals surface area (Å²) in [7, 11) is 0. The maximum atomic E-state index is 12.3. The number of nitrogens with zero attached hydrogens (tertiary/aromatic N) is 2. The molecule has 0 fully saturated rings. The fraction of sp³-hybridized carbons (Fsp3) is 0.176. The van der Waals surface area contributed by atoms with Gasteiger partial charge in [0.25, 0.3) is 0 Å². The number of halogens is 1. The SMILES string of the molecule is CC[C@@H](NC(=O)Nn1cnc2ccccc21)c1ccc(Cl)cc1. The van der Waals surface area contributed by atoms with Crippen molar-refractivity contribution >= 4 is 28.7 Å². The first-order chi connectivity index (χ1) is 11.2. The summed E-state index contributed by atoms with van der Waals surface area (Å²) < 4.78 is 1.61. The third-order valence-corrected chi connectivity index (χ3v) is 3.91. The molecule has 0 bridgehead atoms. The van der Waals surface area contributed by atoms with Crippen molar-refractivity contribution in [1.29, 1.82) is 0 Å². The zero-order valence-corrected chi connectivity index (χ0v) is 13.4. The lowest BCUT2D eigenvalue weighted by Crippen LogP contribution is -2.36. The minimum absolute atomic E-state index is 0.0814. The van der Waals surface area contributed by atoms with Crippen LogP contribution < -0.4 is 10.7 Å². The van der Waals surface area contributed by atoms with Crippen molar-refractivity contribution in [2.75, 3.05) is 5.43 Å². The van der Waals surface area contributed by atoms with Gasteiger partial charge < -0.3 is 5.32 Å². The molecule has 1 heterocycles. The van der Waals surface area contributed by atoms with Gasteiger partial charge in [0.15, 0.2) is 0 Å². The lowest BCUT2D eigenvalue weighted by molar-refractivity contribution is 0.245. The Hall–Kier alpha value is -2.53. The Morgan fingerprint density at radius 1 is 1.22 bits per heavy atom. The Labute approximate surface area is 139 Å². The number of fused-ring (bicyclic) bond motifs is 1. The van der Waals surface area contributed by atoms with E-state index in [1.54, 1.807) is 11.0 Å². The van der Waals surface area contributed by atoms with Gasteiger partial charge in [0.1, 0.15) is 6.33 Å². The molecule has 2 amide bonds. The summed E-state index contributed by atoms with van der Waals surface area (Å²) >= 11 is 5.91. The molecule has 0 spiro atoms. The zero-order valence-electron chi connectivity index (χ0n) is 12.7. The summed E-state index contributed by atoms with van der Waals surface area (Å²) in [5.74, 6) is 0. The van der Waals surface area contributed by atoms with Crippen LogP contribution in [0.4, 0.5) is 4.79 Å². The van der Waals surface area contributed by atoms with Crippen molar-refractivity contribution in [1.82, 2.24) is 15.0 Å². The minimum Gasteiger partial charge on any atom is -0.330 e. The van der Waals surface area contributed by atoms with Crippen LogP contribution in [0.25, 0.3) is 11.0 Å². The molecule has 1 aromatic heterocycles.